The van der Waals surface area contributed by atoms with E-state index in [2.05, 4.69) is 21.1 Å². The predicted octanol–water partition coefficient (Wildman–Crippen LogP) is 1.31. The summed E-state index contributed by atoms with van der Waals surface area (Å²) >= 11 is 0. The second-order valence-corrected chi connectivity index (χ2v) is 5.39. The second-order valence-electron chi connectivity index (χ2n) is 5.39. The van der Waals surface area contributed by atoms with Gasteiger partial charge in [0.05, 0.1) is 18.6 Å². The maximum atomic E-state index is 8.78. The van der Waals surface area contributed by atoms with E-state index in [-0.39, 0.29) is 12.0 Å². The molecule has 3 rings (SSSR count). The van der Waals surface area contributed by atoms with Crippen LogP contribution < -0.4 is 0 Å². The second kappa shape index (κ2) is 5.27. The van der Waals surface area contributed by atoms with Crippen molar-refractivity contribution < 1.29 is 9.26 Å². The highest BCUT2D eigenvalue weighted by molar-refractivity contribution is 4.98. The van der Waals surface area contributed by atoms with Gasteiger partial charge in [0, 0.05) is 19.0 Å². The lowest BCUT2D eigenvalue weighted by Gasteiger charge is -2.33. The Labute approximate surface area is 112 Å². The van der Waals surface area contributed by atoms with Crippen LogP contribution in [0.4, 0.5) is 0 Å². The normalized spacial score (nSPS) is 28.8. The van der Waals surface area contributed by atoms with Gasteiger partial charge < -0.3 is 9.26 Å². The molecule has 0 aromatic carbocycles. The maximum Gasteiger partial charge on any atom is 0.228 e. The van der Waals surface area contributed by atoms with Crippen LogP contribution in [0.15, 0.2) is 4.52 Å². The number of rotatable bonds is 3. The summed E-state index contributed by atoms with van der Waals surface area (Å²) in [5.41, 5.74) is 0. The quantitative estimate of drug-likeness (QED) is 0.817. The molecular formula is C13H18N4O2. The van der Waals surface area contributed by atoms with Crippen LogP contribution in [0.1, 0.15) is 37.6 Å². The summed E-state index contributed by atoms with van der Waals surface area (Å²) in [5.74, 6) is 1.03. The van der Waals surface area contributed by atoms with Gasteiger partial charge >= 0.3 is 0 Å². The molecule has 0 saturated carbocycles. The third kappa shape index (κ3) is 2.62. The Morgan fingerprint density at radius 2 is 2.47 bits per heavy atom. The first-order chi connectivity index (χ1) is 9.26. The first-order valence-corrected chi connectivity index (χ1v) is 6.84. The topological polar surface area (TPSA) is 75.2 Å². The largest absolute Gasteiger partial charge is 0.367 e. The lowest BCUT2D eigenvalue weighted by Crippen LogP contribution is -2.42. The van der Waals surface area contributed by atoms with E-state index in [4.69, 9.17) is 14.5 Å². The van der Waals surface area contributed by atoms with Crippen molar-refractivity contribution in [3.8, 4) is 6.07 Å². The molecule has 0 N–H and O–H groups in total. The molecular weight excluding hydrogens is 244 g/mol. The van der Waals surface area contributed by atoms with E-state index in [0.29, 0.717) is 24.2 Å². The smallest absolute Gasteiger partial charge is 0.228 e. The number of fused-ring (bicyclic) bond motifs is 1. The molecule has 6 heteroatoms. The Morgan fingerprint density at radius 3 is 3.32 bits per heavy atom. The van der Waals surface area contributed by atoms with E-state index >= 15 is 0 Å². The van der Waals surface area contributed by atoms with Gasteiger partial charge in [-0.05, 0) is 26.3 Å². The summed E-state index contributed by atoms with van der Waals surface area (Å²) in [5, 5.41) is 12.8. The molecule has 1 aromatic rings. The summed E-state index contributed by atoms with van der Waals surface area (Å²) < 4.78 is 11.0. The van der Waals surface area contributed by atoms with Crippen molar-refractivity contribution in [3.63, 3.8) is 0 Å². The molecule has 2 saturated heterocycles. The fourth-order valence-corrected chi connectivity index (χ4v) is 2.76. The molecule has 2 fully saturated rings. The van der Waals surface area contributed by atoms with Crippen molar-refractivity contribution in [1.29, 1.82) is 5.26 Å². The Balaban J connectivity index is 1.64. The molecule has 19 heavy (non-hydrogen) atoms. The Morgan fingerprint density at radius 1 is 1.58 bits per heavy atom. The molecule has 0 bridgehead atoms. The first-order valence-electron chi connectivity index (χ1n) is 6.84. The molecule has 2 aliphatic heterocycles. The molecule has 3 atom stereocenters. The number of nitrogens with zero attached hydrogens (tertiary/aromatic N) is 4. The van der Waals surface area contributed by atoms with Gasteiger partial charge in [0.2, 0.25) is 11.7 Å². The van der Waals surface area contributed by atoms with E-state index in [1.54, 1.807) is 0 Å². The summed E-state index contributed by atoms with van der Waals surface area (Å²) in [7, 11) is 0. The lowest BCUT2D eigenvalue weighted by molar-refractivity contribution is -0.0548. The van der Waals surface area contributed by atoms with Crippen molar-refractivity contribution in [1.82, 2.24) is 15.0 Å². The molecule has 3 heterocycles. The third-order valence-corrected chi connectivity index (χ3v) is 3.86. The lowest BCUT2D eigenvalue weighted by atomic mass is 10.1. The standard InChI is InChI=1S/C13H18N4O2/c1-9(6-14)5-12-15-13(16-19-12)11-7-17-4-2-3-10(17)8-18-11/h9-11H,2-5,7-8H2,1H3. The minimum absolute atomic E-state index is 0.0933. The average Bonchev–Trinajstić information content (AvgIpc) is 3.05. The number of aromatic nitrogens is 2. The molecule has 0 amide bonds. The van der Waals surface area contributed by atoms with Crippen LogP contribution in [-0.2, 0) is 11.2 Å². The van der Waals surface area contributed by atoms with Crippen LogP contribution in [0.3, 0.4) is 0 Å². The van der Waals surface area contributed by atoms with E-state index in [0.717, 1.165) is 19.7 Å². The van der Waals surface area contributed by atoms with E-state index in [9.17, 15) is 0 Å². The van der Waals surface area contributed by atoms with E-state index < -0.39 is 0 Å². The van der Waals surface area contributed by atoms with Crippen molar-refractivity contribution in [2.75, 3.05) is 19.7 Å². The van der Waals surface area contributed by atoms with Gasteiger partial charge in [-0.15, -0.1) is 0 Å². The molecule has 2 aliphatic rings. The third-order valence-electron chi connectivity index (χ3n) is 3.86. The van der Waals surface area contributed by atoms with Gasteiger partial charge in [-0.1, -0.05) is 5.16 Å². The van der Waals surface area contributed by atoms with Gasteiger partial charge in [0.15, 0.2) is 0 Å². The maximum absolute atomic E-state index is 8.78. The van der Waals surface area contributed by atoms with Gasteiger partial charge in [0.1, 0.15) is 6.10 Å². The van der Waals surface area contributed by atoms with Crippen LogP contribution in [0.5, 0.6) is 0 Å². The fourth-order valence-electron chi connectivity index (χ4n) is 2.76. The van der Waals surface area contributed by atoms with Gasteiger partial charge in [-0.2, -0.15) is 10.2 Å². The summed E-state index contributed by atoms with van der Waals surface area (Å²) in [6, 6.07) is 2.74. The molecule has 102 valence electrons. The molecule has 0 radical (unpaired) electrons. The Hall–Kier alpha value is -1.45. The first kappa shape index (κ1) is 12.6. The number of hydrogen-bond acceptors (Lipinski definition) is 6. The minimum atomic E-state index is -0.108. The zero-order valence-corrected chi connectivity index (χ0v) is 11.1. The Bertz CT molecular complexity index is 481. The van der Waals surface area contributed by atoms with Crippen LogP contribution in [0.2, 0.25) is 0 Å². The van der Waals surface area contributed by atoms with E-state index in [1.807, 2.05) is 6.92 Å². The molecule has 1 aromatic heterocycles. The number of ether oxygens (including phenoxy) is 1. The number of hydrogen-bond donors (Lipinski definition) is 0. The minimum Gasteiger partial charge on any atom is -0.367 e. The highest BCUT2D eigenvalue weighted by atomic mass is 16.5. The SMILES string of the molecule is CC(C#N)Cc1nc(C2CN3CCCC3CO2)no1. The number of morpholine rings is 1. The summed E-state index contributed by atoms with van der Waals surface area (Å²) in [6.45, 7) is 4.58. The van der Waals surface area contributed by atoms with Crippen molar-refractivity contribution in [2.24, 2.45) is 5.92 Å². The van der Waals surface area contributed by atoms with Gasteiger partial charge in [-0.3, -0.25) is 4.90 Å². The van der Waals surface area contributed by atoms with Crippen LogP contribution in [0, 0.1) is 17.2 Å². The van der Waals surface area contributed by atoms with Crippen molar-refractivity contribution in [2.45, 2.75) is 38.3 Å². The van der Waals surface area contributed by atoms with Crippen molar-refractivity contribution in [3.05, 3.63) is 11.7 Å². The van der Waals surface area contributed by atoms with E-state index in [1.165, 1.54) is 12.8 Å². The Kier molecular flexibility index (Phi) is 3.49. The van der Waals surface area contributed by atoms with Gasteiger partial charge in [-0.25, -0.2) is 0 Å². The molecule has 0 spiro atoms. The fraction of sp³-hybridized carbons (Fsp3) is 0.769. The highest BCUT2D eigenvalue weighted by Crippen LogP contribution is 2.28. The molecule has 6 nitrogen and oxygen atoms in total. The zero-order valence-electron chi connectivity index (χ0n) is 11.1. The molecule has 0 aliphatic carbocycles. The highest BCUT2D eigenvalue weighted by Gasteiger charge is 2.34. The average molecular weight is 262 g/mol. The zero-order chi connectivity index (χ0) is 13.2. The monoisotopic (exact) mass is 262 g/mol. The van der Waals surface area contributed by atoms with Crippen LogP contribution >= 0.6 is 0 Å². The van der Waals surface area contributed by atoms with Crippen molar-refractivity contribution >= 4 is 0 Å². The molecule has 3 unspecified atom stereocenters. The summed E-state index contributed by atoms with van der Waals surface area (Å²) in [4.78, 5) is 6.80. The summed E-state index contributed by atoms with van der Waals surface area (Å²) in [6.07, 6.45) is 2.88. The van der Waals surface area contributed by atoms with Gasteiger partial charge in [0.25, 0.3) is 0 Å². The van der Waals surface area contributed by atoms with Crippen LogP contribution in [-0.4, -0.2) is 40.8 Å². The predicted molar refractivity (Wildman–Crippen MR) is 66.1 cm³/mol. The number of nitriles is 1. The van der Waals surface area contributed by atoms with Crippen LogP contribution in [0.25, 0.3) is 0 Å².